The van der Waals surface area contributed by atoms with E-state index in [0.29, 0.717) is 33.7 Å². The molecule has 0 bridgehead atoms. The van der Waals surface area contributed by atoms with Gasteiger partial charge in [-0.3, -0.25) is 4.57 Å². The average Bonchev–Trinajstić information content (AvgIpc) is 3.06. The van der Waals surface area contributed by atoms with Gasteiger partial charge in [0.25, 0.3) is 0 Å². The number of nitrogens with two attached hydrogens (primary N) is 1. The van der Waals surface area contributed by atoms with E-state index in [1.54, 1.807) is 12.1 Å². The lowest BCUT2D eigenvalue weighted by Gasteiger charge is -2.08. The molecule has 2 aromatic carbocycles. The van der Waals surface area contributed by atoms with E-state index in [-0.39, 0.29) is 0 Å². The standard InChI is InChI=1S/C20H16N4O2S/c1-2-11-24-18(13-7-9-15(21)10-8-13)22-23-20(24)27-17-12-14-5-3-4-6-16(14)26-19(17)25/h2-10,12H,1,11,21H2. The van der Waals surface area contributed by atoms with E-state index in [9.17, 15) is 4.79 Å². The lowest BCUT2D eigenvalue weighted by Crippen LogP contribution is -2.04. The molecule has 2 N–H and O–H groups in total. The Kier molecular flexibility index (Phi) is 4.52. The molecule has 4 aromatic rings. The zero-order valence-corrected chi connectivity index (χ0v) is 15.1. The summed E-state index contributed by atoms with van der Waals surface area (Å²) in [4.78, 5) is 12.8. The first-order valence-corrected chi connectivity index (χ1v) is 9.08. The van der Waals surface area contributed by atoms with Gasteiger partial charge in [0.2, 0.25) is 0 Å². The van der Waals surface area contributed by atoms with E-state index in [1.807, 2.05) is 53.1 Å². The van der Waals surface area contributed by atoms with Crippen molar-refractivity contribution in [3.8, 4) is 11.4 Å². The van der Waals surface area contributed by atoms with Crippen LogP contribution < -0.4 is 11.4 Å². The van der Waals surface area contributed by atoms with Gasteiger partial charge in [0.05, 0.1) is 0 Å². The number of nitrogens with zero attached hydrogens (tertiary/aromatic N) is 3. The fourth-order valence-corrected chi connectivity index (χ4v) is 3.58. The topological polar surface area (TPSA) is 86.9 Å². The lowest BCUT2D eigenvalue weighted by atomic mass is 10.2. The van der Waals surface area contributed by atoms with Gasteiger partial charge in [-0.05, 0) is 48.2 Å². The van der Waals surface area contributed by atoms with Crippen molar-refractivity contribution in [2.45, 2.75) is 16.6 Å². The molecule has 0 aliphatic carbocycles. The second kappa shape index (κ2) is 7.13. The number of benzene rings is 2. The van der Waals surface area contributed by atoms with Crippen LogP contribution in [0, 0.1) is 0 Å². The summed E-state index contributed by atoms with van der Waals surface area (Å²) < 4.78 is 7.30. The van der Waals surface area contributed by atoms with Crippen LogP contribution in [0.5, 0.6) is 0 Å². The van der Waals surface area contributed by atoms with Gasteiger partial charge in [-0.25, -0.2) is 4.79 Å². The Balaban J connectivity index is 1.76. The van der Waals surface area contributed by atoms with Gasteiger partial charge in [-0.2, -0.15) is 0 Å². The Bertz CT molecular complexity index is 1180. The number of anilines is 1. The molecule has 6 nitrogen and oxygen atoms in total. The van der Waals surface area contributed by atoms with Gasteiger partial charge in [-0.1, -0.05) is 24.3 Å². The molecule has 134 valence electrons. The summed E-state index contributed by atoms with van der Waals surface area (Å²) in [5.41, 5.74) is 7.48. The number of para-hydroxylation sites is 1. The maximum Gasteiger partial charge on any atom is 0.350 e. The van der Waals surface area contributed by atoms with E-state index < -0.39 is 5.63 Å². The Labute approximate surface area is 159 Å². The largest absolute Gasteiger partial charge is 0.422 e. The molecule has 4 rings (SSSR count). The maximum absolute atomic E-state index is 12.3. The van der Waals surface area contributed by atoms with Crippen molar-refractivity contribution in [2.24, 2.45) is 0 Å². The van der Waals surface area contributed by atoms with Crippen molar-refractivity contribution in [3.63, 3.8) is 0 Å². The zero-order valence-electron chi connectivity index (χ0n) is 14.3. The first-order chi connectivity index (χ1) is 13.2. The number of aromatic nitrogens is 3. The van der Waals surface area contributed by atoms with Crippen molar-refractivity contribution in [3.05, 3.63) is 77.7 Å². The average molecular weight is 376 g/mol. The highest BCUT2D eigenvalue weighted by Crippen LogP contribution is 2.29. The molecule has 0 radical (unpaired) electrons. The summed E-state index contributed by atoms with van der Waals surface area (Å²) >= 11 is 1.22. The molecule has 0 aliphatic rings. The first-order valence-electron chi connectivity index (χ1n) is 8.26. The van der Waals surface area contributed by atoms with Crippen molar-refractivity contribution >= 4 is 28.4 Å². The van der Waals surface area contributed by atoms with Crippen LogP contribution >= 0.6 is 11.8 Å². The minimum absolute atomic E-state index is 0.402. The van der Waals surface area contributed by atoms with Crippen LogP contribution in [0.25, 0.3) is 22.4 Å². The Hall–Kier alpha value is -3.32. The summed E-state index contributed by atoms with van der Waals surface area (Å²) in [5.74, 6) is 0.683. The van der Waals surface area contributed by atoms with Crippen molar-refractivity contribution in [1.29, 1.82) is 0 Å². The molecule has 7 heteroatoms. The van der Waals surface area contributed by atoms with E-state index in [1.165, 1.54) is 11.8 Å². The third kappa shape index (κ3) is 3.37. The maximum atomic E-state index is 12.3. The molecule has 0 saturated carbocycles. The molecule has 2 heterocycles. The predicted molar refractivity (Wildman–Crippen MR) is 107 cm³/mol. The Morgan fingerprint density at radius 1 is 1.15 bits per heavy atom. The molecule has 0 fully saturated rings. The van der Waals surface area contributed by atoms with Crippen LogP contribution in [-0.4, -0.2) is 14.8 Å². The molecule has 0 aliphatic heterocycles. The van der Waals surface area contributed by atoms with Crippen LogP contribution in [0.2, 0.25) is 0 Å². The molecule has 0 spiro atoms. The fourth-order valence-electron chi connectivity index (χ4n) is 2.72. The lowest BCUT2D eigenvalue weighted by molar-refractivity contribution is 0.543. The number of allylic oxidation sites excluding steroid dienone is 1. The summed E-state index contributed by atoms with van der Waals surface area (Å²) in [7, 11) is 0. The molecule has 0 amide bonds. The number of nitrogen functional groups attached to an aromatic ring is 1. The predicted octanol–water partition coefficient (Wildman–Crippen LogP) is 3.97. The normalized spacial score (nSPS) is 11.0. The van der Waals surface area contributed by atoms with Gasteiger partial charge in [0, 0.05) is 23.2 Å². The number of rotatable bonds is 5. The van der Waals surface area contributed by atoms with Gasteiger partial charge in [-0.15, -0.1) is 16.8 Å². The Morgan fingerprint density at radius 3 is 2.70 bits per heavy atom. The molecular weight excluding hydrogens is 360 g/mol. The SMILES string of the molecule is C=CCn1c(Sc2cc3ccccc3oc2=O)nnc1-c1ccc(N)cc1. The van der Waals surface area contributed by atoms with E-state index in [0.717, 1.165) is 10.9 Å². The molecule has 27 heavy (non-hydrogen) atoms. The quantitative estimate of drug-likeness (QED) is 0.322. The van der Waals surface area contributed by atoms with Gasteiger partial charge in [0.15, 0.2) is 11.0 Å². The smallest absolute Gasteiger partial charge is 0.350 e. The second-order valence-electron chi connectivity index (χ2n) is 5.87. The molecule has 0 saturated heterocycles. The molecular formula is C20H16N4O2S. The van der Waals surface area contributed by atoms with E-state index in [2.05, 4.69) is 16.8 Å². The highest BCUT2D eigenvalue weighted by atomic mass is 32.2. The fraction of sp³-hybridized carbons (Fsp3) is 0.0500. The van der Waals surface area contributed by atoms with E-state index >= 15 is 0 Å². The summed E-state index contributed by atoms with van der Waals surface area (Å²) in [5, 5.41) is 10.0. The van der Waals surface area contributed by atoms with Crippen molar-refractivity contribution < 1.29 is 4.42 Å². The minimum atomic E-state index is -0.402. The van der Waals surface area contributed by atoms with Crippen LogP contribution in [0.3, 0.4) is 0 Å². The summed E-state index contributed by atoms with van der Waals surface area (Å²) in [6, 6.07) is 16.6. The minimum Gasteiger partial charge on any atom is -0.422 e. The number of hydrogen-bond acceptors (Lipinski definition) is 6. The first kappa shape index (κ1) is 17.1. The Morgan fingerprint density at radius 2 is 1.93 bits per heavy atom. The monoisotopic (exact) mass is 376 g/mol. The van der Waals surface area contributed by atoms with Gasteiger partial charge >= 0.3 is 5.63 Å². The number of fused-ring (bicyclic) bond motifs is 1. The van der Waals surface area contributed by atoms with Gasteiger partial charge < -0.3 is 10.2 Å². The van der Waals surface area contributed by atoms with Crippen LogP contribution in [0.1, 0.15) is 0 Å². The van der Waals surface area contributed by atoms with Crippen LogP contribution in [0.4, 0.5) is 5.69 Å². The summed E-state index contributed by atoms with van der Waals surface area (Å²) in [6.45, 7) is 4.31. The third-order valence-electron chi connectivity index (χ3n) is 4.01. The molecule has 0 unspecified atom stereocenters. The highest BCUT2D eigenvalue weighted by Gasteiger charge is 2.16. The highest BCUT2D eigenvalue weighted by molar-refractivity contribution is 7.99. The van der Waals surface area contributed by atoms with E-state index in [4.69, 9.17) is 10.2 Å². The molecule has 0 atom stereocenters. The zero-order chi connectivity index (χ0) is 18.8. The van der Waals surface area contributed by atoms with Gasteiger partial charge in [0.1, 0.15) is 10.5 Å². The van der Waals surface area contributed by atoms with Crippen molar-refractivity contribution in [1.82, 2.24) is 14.8 Å². The van der Waals surface area contributed by atoms with Crippen LogP contribution in [0.15, 0.2) is 86.5 Å². The molecule has 2 aromatic heterocycles. The number of hydrogen-bond donors (Lipinski definition) is 1. The van der Waals surface area contributed by atoms with Crippen LogP contribution in [-0.2, 0) is 6.54 Å². The summed E-state index contributed by atoms with van der Waals surface area (Å²) in [6.07, 6.45) is 1.76. The third-order valence-corrected chi connectivity index (χ3v) is 5.00. The second-order valence-corrected chi connectivity index (χ2v) is 6.87. The van der Waals surface area contributed by atoms with Crippen molar-refractivity contribution in [2.75, 3.05) is 5.73 Å².